The average Bonchev–Trinajstić information content (AvgIpc) is 3.08. The molecular formula is C15H19ClF3N3O2. The Labute approximate surface area is 142 Å². The van der Waals surface area contributed by atoms with Gasteiger partial charge in [-0.15, -0.1) is 0 Å². The van der Waals surface area contributed by atoms with Gasteiger partial charge < -0.3 is 10.1 Å². The first-order valence-electron chi connectivity index (χ1n) is 8.08. The van der Waals surface area contributed by atoms with Crippen LogP contribution in [0, 0.1) is 0 Å². The van der Waals surface area contributed by atoms with Crippen molar-refractivity contribution in [2.24, 2.45) is 0 Å². The van der Waals surface area contributed by atoms with Gasteiger partial charge in [0, 0.05) is 25.5 Å². The highest BCUT2D eigenvalue weighted by molar-refractivity contribution is 6.32. The Morgan fingerprint density at radius 1 is 1.38 bits per heavy atom. The molecule has 0 spiro atoms. The molecule has 1 aliphatic carbocycles. The van der Waals surface area contributed by atoms with Crippen LogP contribution in [-0.2, 0) is 22.3 Å². The second-order valence-electron chi connectivity index (χ2n) is 6.23. The molecule has 134 valence electrons. The van der Waals surface area contributed by atoms with Crippen LogP contribution >= 0.6 is 11.6 Å². The average molecular weight is 366 g/mol. The van der Waals surface area contributed by atoms with Crippen molar-refractivity contribution in [1.29, 1.82) is 0 Å². The summed E-state index contributed by atoms with van der Waals surface area (Å²) in [6, 6.07) is 0. The summed E-state index contributed by atoms with van der Waals surface area (Å²) in [5.74, 6) is -0.219. The molecule has 1 unspecified atom stereocenters. The number of aryl methyl sites for hydroxylation is 1. The number of hydrogen-bond donors (Lipinski definition) is 1. The molecule has 0 bridgehead atoms. The molecule has 0 aromatic carbocycles. The van der Waals surface area contributed by atoms with Crippen molar-refractivity contribution in [2.45, 2.75) is 56.8 Å². The predicted molar refractivity (Wildman–Crippen MR) is 80.8 cm³/mol. The van der Waals surface area contributed by atoms with Crippen LogP contribution in [0.15, 0.2) is 0 Å². The fourth-order valence-electron chi connectivity index (χ4n) is 2.88. The Morgan fingerprint density at radius 3 is 2.71 bits per heavy atom. The minimum atomic E-state index is -4.59. The summed E-state index contributed by atoms with van der Waals surface area (Å²) >= 11 is 5.89. The van der Waals surface area contributed by atoms with Gasteiger partial charge in [-0.2, -0.15) is 18.3 Å². The number of hydrogen-bond acceptors (Lipinski definition) is 3. The molecule has 1 saturated carbocycles. The van der Waals surface area contributed by atoms with Crippen molar-refractivity contribution < 1.29 is 22.7 Å². The van der Waals surface area contributed by atoms with E-state index < -0.39 is 11.9 Å². The molecule has 2 heterocycles. The molecule has 1 aliphatic heterocycles. The molecule has 1 amide bonds. The molecule has 24 heavy (non-hydrogen) atoms. The van der Waals surface area contributed by atoms with Crippen LogP contribution in [0.4, 0.5) is 13.2 Å². The zero-order valence-corrected chi connectivity index (χ0v) is 13.8. The number of carbonyl (C=O) groups excluding carboxylic acids is 1. The van der Waals surface area contributed by atoms with Gasteiger partial charge in [0.25, 0.3) is 0 Å². The van der Waals surface area contributed by atoms with E-state index in [1.165, 1.54) is 4.68 Å². The third-order valence-corrected chi connectivity index (χ3v) is 4.64. The molecule has 9 heteroatoms. The van der Waals surface area contributed by atoms with E-state index >= 15 is 0 Å². The number of nitrogens with zero attached hydrogens (tertiary/aromatic N) is 2. The summed E-state index contributed by atoms with van der Waals surface area (Å²) in [6.45, 7) is 1.22. The molecule has 3 rings (SSSR count). The topological polar surface area (TPSA) is 56.2 Å². The predicted octanol–water partition coefficient (Wildman–Crippen LogP) is 3.12. The normalized spacial score (nSPS) is 21.2. The molecule has 1 atom stereocenters. The van der Waals surface area contributed by atoms with Gasteiger partial charge in [-0.1, -0.05) is 11.6 Å². The second kappa shape index (κ2) is 6.92. The maximum Gasteiger partial charge on any atom is 0.436 e. The summed E-state index contributed by atoms with van der Waals surface area (Å²) in [7, 11) is 0. The fraction of sp³-hybridized carbons (Fsp3) is 0.733. The van der Waals surface area contributed by atoms with Crippen LogP contribution < -0.4 is 5.32 Å². The summed E-state index contributed by atoms with van der Waals surface area (Å²) in [6.07, 6.45) is -1.00. The quantitative estimate of drug-likeness (QED) is 0.842. The number of amides is 1. The number of halogens is 4. The summed E-state index contributed by atoms with van der Waals surface area (Å²) in [4.78, 5) is 11.9. The van der Waals surface area contributed by atoms with E-state index in [1.807, 2.05) is 0 Å². The molecule has 1 N–H and O–H groups in total. The van der Waals surface area contributed by atoms with Gasteiger partial charge in [0.1, 0.15) is 0 Å². The standard InChI is InChI=1S/C15H19ClF3N3O2/c16-12-13(9-3-4-9)22(21-14(12)15(17,18)19)6-5-11(23)20-8-10-2-1-7-24-10/h9-10H,1-8H2,(H,20,23). The number of carbonyl (C=O) groups is 1. The monoisotopic (exact) mass is 365 g/mol. The van der Waals surface area contributed by atoms with Gasteiger partial charge in [0.15, 0.2) is 5.69 Å². The number of aromatic nitrogens is 2. The highest BCUT2D eigenvalue weighted by Gasteiger charge is 2.42. The SMILES string of the molecule is O=C(CCn1nc(C(F)(F)F)c(Cl)c1C1CC1)NCC1CCCO1. The number of nitrogens with one attached hydrogen (secondary N) is 1. The van der Waals surface area contributed by atoms with Crippen molar-refractivity contribution in [3.05, 3.63) is 16.4 Å². The van der Waals surface area contributed by atoms with E-state index in [-0.39, 0.29) is 35.9 Å². The lowest BCUT2D eigenvalue weighted by Crippen LogP contribution is -2.32. The Kier molecular flexibility index (Phi) is 5.05. The largest absolute Gasteiger partial charge is 0.436 e. The lowest BCUT2D eigenvalue weighted by molar-refractivity contribution is -0.141. The molecule has 2 fully saturated rings. The number of ether oxygens (including phenoxy) is 1. The molecule has 0 radical (unpaired) electrons. The minimum Gasteiger partial charge on any atom is -0.376 e. The summed E-state index contributed by atoms with van der Waals surface area (Å²) < 4.78 is 45.5. The van der Waals surface area contributed by atoms with E-state index in [4.69, 9.17) is 16.3 Å². The van der Waals surface area contributed by atoms with Crippen LogP contribution in [0.25, 0.3) is 0 Å². The molecule has 1 aromatic heterocycles. The maximum absolute atomic E-state index is 13.0. The molecule has 1 aromatic rings. The molecule has 1 saturated heterocycles. The van der Waals surface area contributed by atoms with Crippen molar-refractivity contribution in [3.8, 4) is 0 Å². The number of rotatable bonds is 6. The Bertz CT molecular complexity index is 608. The summed E-state index contributed by atoms with van der Waals surface area (Å²) in [5.41, 5.74) is -0.665. The van der Waals surface area contributed by atoms with Crippen LogP contribution in [-0.4, -0.2) is 34.9 Å². The number of alkyl halides is 3. The van der Waals surface area contributed by atoms with E-state index in [2.05, 4.69) is 10.4 Å². The van der Waals surface area contributed by atoms with E-state index in [1.54, 1.807) is 0 Å². The zero-order chi connectivity index (χ0) is 17.3. The third-order valence-electron chi connectivity index (χ3n) is 4.27. The second-order valence-corrected chi connectivity index (χ2v) is 6.61. The van der Waals surface area contributed by atoms with E-state index in [9.17, 15) is 18.0 Å². The first-order chi connectivity index (χ1) is 11.4. The Morgan fingerprint density at radius 2 is 2.12 bits per heavy atom. The van der Waals surface area contributed by atoms with Gasteiger partial charge in [0.2, 0.25) is 5.91 Å². The van der Waals surface area contributed by atoms with Crippen molar-refractivity contribution in [3.63, 3.8) is 0 Å². The smallest absolute Gasteiger partial charge is 0.376 e. The first-order valence-corrected chi connectivity index (χ1v) is 8.45. The van der Waals surface area contributed by atoms with Gasteiger partial charge in [-0.25, -0.2) is 0 Å². The Hall–Kier alpha value is -1.28. The van der Waals surface area contributed by atoms with Gasteiger partial charge in [-0.3, -0.25) is 9.48 Å². The van der Waals surface area contributed by atoms with Crippen molar-refractivity contribution in [1.82, 2.24) is 15.1 Å². The highest BCUT2D eigenvalue weighted by atomic mass is 35.5. The third kappa shape index (κ3) is 4.03. The van der Waals surface area contributed by atoms with Gasteiger partial charge in [0.05, 0.1) is 23.4 Å². The summed E-state index contributed by atoms with van der Waals surface area (Å²) in [5, 5.41) is 6.03. The van der Waals surface area contributed by atoms with Crippen LogP contribution in [0.3, 0.4) is 0 Å². The first kappa shape index (κ1) is 17.5. The van der Waals surface area contributed by atoms with Crippen LogP contribution in [0.2, 0.25) is 5.02 Å². The van der Waals surface area contributed by atoms with Gasteiger partial charge >= 0.3 is 6.18 Å². The lowest BCUT2D eigenvalue weighted by Gasteiger charge is -2.11. The minimum absolute atomic E-state index is 0.0102. The fourth-order valence-corrected chi connectivity index (χ4v) is 3.28. The molecule has 5 nitrogen and oxygen atoms in total. The highest BCUT2D eigenvalue weighted by Crippen LogP contribution is 2.46. The molecular weight excluding hydrogens is 347 g/mol. The zero-order valence-electron chi connectivity index (χ0n) is 13.0. The Balaban J connectivity index is 1.60. The van der Waals surface area contributed by atoms with Crippen LogP contribution in [0.5, 0.6) is 0 Å². The van der Waals surface area contributed by atoms with Crippen molar-refractivity contribution >= 4 is 17.5 Å². The maximum atomic E-state index is 13.0. The van der Waals surface area contributed by atoms with Crippen LogP contribution in [0.1, 0.15) is 49.4 Å². The van der Waals surface area contributed by atoms with Gasteiger partial charge in [-0.05, 0) is 25.7 Å². The lowest BCUT2D eigenvalue weighted by atomic mass is 10.2. The molecule has 2 aliphatic rings. The van der Waals surface area contributed by atoms with E-state index in [0.29, 0.717) is 18.8 Å². The van der Waals surface area contributed by atoms with E-state index in [0.717, 1.165) is 25.7 Å². The van der Waals surface area contributed by atoms with Crippen molar-refractivity contribution in [2.75, 3.05) is 13.2 Å².